The van der Waals surface area contributed by atoms with Gasteiger partial charge in [-0.15, -0.1) is 0 Å². The van der Waals surface area contributed by atoms with Gasteiger partial charge in [0.25, 0.3) is 11.8 Å². The van der Waals surface area contributed by atoms with Crippen LogP contribution in [0.3, 0.4) is 0 Å². The summed E-state index contributed by atoms with van der Waals surface area (Å²) >= 11 is 0. The molecule has 10 heteroatoms. The normalized spacial score (nSPS) is 13.5. The number of alkyl halides is 3. The van der Waals surface area contributed by atoms with Crippen LogP contribution in [0.2, 0.25) is 0 Å². The molecule has 1 aliphatic rings. The van der Waals surface area contributed by atoms with Crippen molar-refractivity contribution in [3.63, 3.8) is 0 Å². The molecule has 0 spiro atoms. The average Bonchev–Trinajstić information content (AvgIpc) is 3.25. The predicted octanol–water partition coefficient (Wildman–Crippen LogP) is 3.57. The average molecular weight is 415 g/mol. The van der Waals surface area contributed by atoms with E-state index in [1.165, 1.54) is 36.4 Å². The molecular formula is C20H12F3N3O4. The second-order valence-electron chi connectivity index (χ2n) is 6.43. The van der Waals surface area contributed by atoms with Gasteiger partial charge in [0.05, 0.1) is 23.0 Å². The Kier molecular flexibility index (Phi) is 4.41. The van der Waals surface area contributed by atoms with Gasteiger partial charge in [0.15, 0.2) is 5.69 Å². The van der Waals surface area contributed by atoms with E-state index in [1.807, 2.05) is 0 Å². The first-order valence-electron chi connectivity index (χ1n) is 8.61. The predicted molar refractivity (Wildman–Crippen MR) is 95.7 cm³/mol. The zero-order chi connectivity index (χ0) is 21.6. The molecular weight excluding hydrogens is 403 g/mol. The van der Waals surface area contributed by atoms with Crippen molar-refractivity contribution in [2.75, 3.05) is 0 Å². The number of rotatable bonds is 3. The van der Waals surface area contributed by atoms with Gasteiger partial charge in [-0.2, -0.15) is 18.3 Å². The molecule has 2 heterocycles. The molecule has 0 saturated heterocycles. The first-order valence-corrected chi connectivity index (χ1v) is 8.61. The van der Waals surface area contributed by atoms with E-state index in [0.29, 0.717) is 16.4 Å². The van der Waals surface area contributed by atoms with Crippen LogP contribution < -0.4 is 0 Å². The zero-order valence-corrected chi connectivity index (χ0v) is 15.3. The largest absolute Gasteiger partial charge is 0.434 e. The van der Waals surface area contributed by atoms with Gasteiger partial charge < -0.3 is 4.84 Å². The number of hydrogen-bond acceptors (Lipinski definition) is 5. The van der Waals surface area contributed by atoms with Gasteiger partial charge in [-0.05, 0) is 30.7 Å². The fraction of sp³-hybridized carbons (Fsp3) is 0.100. The van der Waals surface area contributed by atoms with Crippen molar-refractivity contribution in [3.8, 4) is 5.69 Å². The summed E-state index contributed by atoms with van der Waals surface area (Å²) in [7, 11) is 0. The standard InChI is InChI=1S/C20H12F3N3O4/c1-11-6-2-5-9-15(11)25-16(20(21,22)23)14(10-24-25)19(29)30-26-17(27)12-7-3-4-8-13(12)18(26)28/h2-10H,1H3. The van der Waals surface area contributed by atoms with E-state index in [2.05, 4.69) is 5.10 Å². The van der Waals surface area contributed by atoms with Crippen LogP contribution in [-0.4, -0.2) is 32.6 Å². The number of imide groups is 1. The van der Waals surface area contributed by atoms with Gasteiger partial charge in [0, 0.05) is 0 Å². The summed E-state index contributed by atoms with van der Waals surface area (Å²) in [6.07, 6.45) is -4.27. The summed E-state index contributed by atoms with van der Waals surface area (Å²) in [4.78, 5) is 41.9. The number of carbonyl (C=O) groups is 3. The fourth-order valence-electron chi connectivity index (χ4n) is 3.14. The number of aromatic nitrogens is 2. The molecule has 0 fully saturated rings. The van der Waals surface area contributed by atoms with E-state index >= 15 is 0 Å². The van der Waals surface area contributed by atoms with Crippen LogP contribution in [0.15, 0.2) is 54.7 Å². The van der Waals surface area contributed by atoms with Crippen LogP contribution in [0.25, 0.3) is 5.69 Å². The summed E-state index contributed by atoms with van der Waals surface area (Å²) in [5, 5.41) is 3.85. The second-order valence-corrected chi connectivity index (χ2v) is 6.43. The molecule has 3 aromatic rings. The molecule has 0 aliphatic carbocycles. The first kappa shape index (κ1) is 19.4. The third-order valence-corrected chi connectivity index (χ3v) is 4.53. The second kappa shape index (κ2) is 6.83. The highest BCUT2D eigenvalue weighted by atomic mass is 19.4. The fourth-order valence-corrected chi connectivity index (χ4v) is 3.14. The highest BCUT2D eigenvalue weighted by molar-refractivity contribution is 6.21. The zero-order valence-electron chi connectivity index (χ0n) is 15.3. The Morgan fingerprint density at radius 3 is 2.10 bits per heavy atom. The van der Waals surface area contributed by atoms with Crippen LogP contribution >= 0.6 is 0 Å². The lowest BCUT2D eigenvalue weighted by molar-refractivity contribution is -0.143. The Hall–Kier alpha value is -3.95. The quantitative estimate of drug-likeness (QED) is 0.611. The van der Waals surface area contributed by atoms with Gasteiger partial charge in [-0.3, -0.25) is 9.59 Å². The molecule has 4 rings (SSSR count). The molecule has 152 valence electrons. The minimum absolute atomic E-state index is 0.0121. The third kappa shape index (κ3) is 3.02. The molecule has 2 aromatic carbocycles. The Morgan fingerprint density at radius 2 is 1.53 bits per heavy atom. The lowest BCUT2D eigenvalue weighted by Gasteiger charge is -2.15. The summed E-state index contributed by atoms with van der Waals surface area (Å²) in [5.41, 5.74) is -1.72. The van der Waals surface area contributed by atoms with Crippen molar-refractivity contribution in [2.24, 2.45) is 0 Å². The van der Waals surface area contributed by atoms with Crippen molar-refractivity contribution < 1.29 is 32.4 Å². The van der Waals surface area contributed by atoms with E-state index < -0.39 is 35.2 Å². The molecule has 0 unspecified atom stereocenters. The molecule has 1 aromatic heterocycles. The number of hydrogen-bond donors (Lipinski definition) is 0. The number of fused-ring (bicyclic) bond motifs is 1. The number of hydroxylamine groups is 2. The van der Waals surface area contributed by atoms with Gasteiger partial charge in [-0.1, -0.05) is 35.4 Å². The lowest BCUT2D eigenvalue weighted by atomic mass is 10.1. The molecule has 0 atom stereocenters. The van der Waals surface area contributed by atoms with Crippen LogP contribution in [0.5, 0.6) is 0 Å². The van der Waals surface area contributed by atoms with Crippen LogP contribution in [0.1, 0.15) is 42.3 Å². The molecule has 7 nitrogen and oxygen atoms in total. The lowest BCUT2D eigenvalue weighted by Crippen LogP contribution is -2.33. The topological polar surface area (TPSA) is 81.5 Å². The van der Waals surface area contributed by atoms with Crippen molar-refractivity contribution in [1.29, 1.82) is 0 Å². The SMILES string of the molecule is Cc1ccccc1-n1ncc(C(=O)ON2C(=O)c3ccccc3C2=O)c1C(F)(F)F. The smallest absolute Gasteiger partial charge is 0.324 e. The molecule has 2 amide bonds. The van der Waals surface area contributed by atoms with Gasteiger partial charge >= 0.3 is 12.1 Å². The third-order valence-electron chi connectivity index (χ3n) is 4.53. The van der Waals surface area contributed by atoms with E-state index in [4.69, 9.17) is 4.84 Å². The van der Waals surface area contributed by atoms with Crippen molar-refractivity contribution in [2.45, 2.75) is 13.1 Å². The maximum absolute atomic E-state index is 13.8. The Labute approximate surface area is 167 Å². The number of para-hydroxylation sites is 1. The minimum atomic E-state index is -4.96. The summed E-state index contributed by atoms with van der Waals surface area (Å²) in [6.45, 7) is 1.59. The van der Waals surface area contributed by atoms with E-state index in [-0.39, 0.29) is 21.9 Å². The Morgan fingerprint density at radius 1 is 0.967 bits per heavy atom. The molecule has 0 radical (unpaired) electrons. The molecule has 1 aliphatic heterocycles. The van der Waals surface area contributed by atoms with Crippen LogP contribution in [0.4, 0.5) is 13.2 Å². The molecule has 30 heavy (non-hydrogen) atoms. The summed E-state index contributed by atoms with van der Waals surface area (Å²) < 4.78 is 41.9. The maximum Gasteiger partial charge on any atom is 0.434 e. The van der Waals surface area contributed by atoms with E-state index in [9.17, 15) is 27.6 Å². The molecule has 0 saturated carbocycles. The number of carbonyl (C=O) groups excluding carboxylic acids is 3. The number of nitrogens with zero attached hydrogens (tertiary/aromatic N) is 3. The highest BCUT2D eigenvalue weighted by Gasteiger charge is 2.44. The summed E-state index contributed by atoms with van der Waals surface area (Å²) in [5.74, 6) is -3.41. The highest BCUT2D eigenvalue weighted by Crippen LogP contribution is 2.35. The Balaban J connectivity index is 1.72. The number of halogens is 3. The monoisotopic (exact) mass is 415 g/mol. The summed E-state index contributed by atoms with van der Waals surface area (Å²) in [6, 6.07) is 11.9. The Bertz CT molecular complexity index is 1170. The van der Waals surface area contributed by atoms with E-state index in [0.717, 1.165) is 0 Å². The van der Waals surface area contributed by atoms with E-state index in [1.54, 1.807) is 19.1 Å². The maximum atomic E-state index is 13.8. The molecule has 0 bridgehead atoms. The van der Waals surface area contributed by atoms with Gasteiger partial charge in [-0.25, -0.2) is 9.48 Å². The first-order chi connectivity index (χ1) is 14.2. The van der Waals surface area contributed by atoms with Crippen LogP contribution in [-0.2, 0) is 11.0 Å². The number of aryl methyl sites for hydroxylation is 1. The number of benzene rings is 2. The van der Waals surface area contributed by atoms with Gasteiger partial charge in [0.1, 0.15) is 5.56 Å². The number of amides is 2. The van der Waals surface area contributed by atoms with Crippen molar-refractivity contribution in [3.05, 3.63) is 82.7 Å². The van der Waals surface area contributed by atoms with Crippen molar-refractivity contribution in [1.82, 2.24) is 14.8 Å². The van der Waals surface area contributed by atoms with Gasteiger partial charge in [0.2, 0.25) is 0 Å². The molecule has 0 N–H and O–H groups in total. The minimum Gasteiger partial charge on any atom is -0.324 e. The van der Waals surface area contributed by atoms with Crippen LogP contribution in [0, 0.1) is 6.92 Å². The van der Waals surface area contributed by atoms with Crippen molar-refractivity contribution >= 4 is 17.8 Å².